The zero-order chi connectivity index (χ0) is 26.1. The molecule has 0 aliphatic rings. The standard InChI is InChI=1S/C9H8BrF3O3S.C2F6O5S2/c1-5-3-7(4-6(2)8(5)10)16-17(14,15)9(11,12)13;3-1(4,5)14(9,10)13-15(11,12)2(6,7)8/h3-4H,1-2H3;. The molecule has 0 unspecified atom stereocenters. The van der Waals surface area contributed by atoms with Crippen molar-refractivity contribution in [1.29, 1.82) is 0 Å². The summed E-state index contributed by atoms with van der Waals surface area (Å²) in [5.41, 5.74) is -16.8. The van der Waals surface area contributed by atoms with Gasteiger partial charge in [0.2, 0.25) is 0 Å². The quantitative estimate of drug-likeness (QED) is 0.283. The maximum atomic E-state index is 12.1. The van der Waals surface area contributed by atoms with Crippen molar-refractivity contribution in [3.8, 4) is 5.75 Å². The van der Waals surface area contributed by atoms with E-state index in [0.717, 1.165) is 0 Å². The van der Waals surface area contributed by atoms with Crippen LogP contribution in [0.4, 0.5) is 39.5 Å². The van der Waals surface area contributed by atoms with Gasteiger partial charge in [-0.05, 0) is 37.1 Å². The summed E-state index contributed by atoms with van der Waals surface area (Å²) in [6.07, 6.45) is 0. The normalized spacial score (nSPS) is 13.9. The first kappa shape index (κ1) is 30.7. The van der Waals surface area contributed by atoms with Gasteiger partial charge in [-0.2, -0.15) is 64.8 Å². The average Bonchev–Trinajstić information content (AvgIpc) is 2.48. The van der Waals surface area contributed by atoms with Crippen molar-refractivity contribution in [2.75, 3.05) is 0 Å². The molecule has 32 heavy (non-hydrogen) atoms. The molecule has 0 saturated carbocycles. The van der Waals surface area contributed by atoms with Crippen LogP contribution in [-0.4, -0.2) is 41.8 Å². The second-order valence-corrected chi connectivity index (χ2v) is 10.8. The predicted molar refractivity (Wildman–Crippen MR) is 90.3 cm³/mol. The van der Waals surface area contributed by atoms with Crippen molar-refractivity contribution < 1.29 is 72.6 Å². The number of benzene rings is 1. The van der Waals surface area contributed by atoms with E-state index in [-0.39, 0.29) is 5.75 Å². The van der Waals surface area contributed by atoms with Gasteiger partial charge in [0.1, 0.15) is 5.75 Å². The van der Waals surface area contributed by atoms with Gasteiger partial charge >= 0.3 is 46.9 Å². The second kappa shape index (κ2) is 9.50. The third kappa shape index (κ3) is 7.92. The fourth-order valence-electron chi connectivity index (χ4n) is 1.32. The highest BCUT2D eigenvalue weighted by Crippen LogP contribution is 2.32. The van der Waals surface area contributed by atoms with Gasteiger partial charge in [0.15, 0.2) is 0 Å². The minimum atomic E-state index is -6.85. The summed E-state index contributed by atoms with van der Waals surface area (Å²) in [6.45, 7) is 3.23. The van der Waals surface area contributed by atoms with Crippen LogP contribution in [0, 0.1) is 13.8 Å². The van der Waals surface area contributed by atoms with E-state index in [9.17, 15) is 64.8 Å². The monoisotopic (exact) mass is 614 g/mol. The highest BCUT2D eigenvalue weighted by molar-refractivity contribution is 9.10. The Morgan fingerprint density at radius 1 is 0.656 bits per heavy atom. The third-order valence-electron chi connectivity index (χ3n) is 2.65. The number of rotatable bonds is 4. The lowest BCUT2D eigenvalue weighted by molar-refractivity contribution is -0.0586. The highest BCUT2D eigenvalue weighted by atomic mass is 79.9. The summed E-state index contributed by atoms with van der Waals surface area (Å²) in [4.78, 5) is 0. The van der Waals surface area contributed by atoms with Crippen LogP contribution in [0.15, 0.2) is 16.6 Å². The summed E-state index contributed by atoms with van der Waals surface area (Å²) in [5, 5.41) is 0. The van der Waals surface area contributed by atoms with E-state index in [1.807, 2.05) is 3.63 Å². The number of alkyl halides is 9. The molecule has 0 amide bonds. The van der Waals surface area contributed by atoms with E-state index >= 15 is 0 Å². The van der Waals surface area contributed by atoms with Crippen LogP contribution in [0.2, 0.25) is 0 Å². The molecule has 0 spiro atoms. The Bertz CT molecular complexity index is 1090. The van der Waals surface area contributed by atoms with Crippen LogP contribution >= 0.6 is 15.9 Å². The van der Waals surface area contributed by atoms with Crippen molar-refractivity contribution in [1.82, 2.24) is 0 Å². The van der Waals surface area contributed by atoms with Gasteiger partial charge in [0, 0.05) is 4.47 Å². The molecule has 8 nitrogen and oxygen atoms in total. The van der Waals surface area contributed by atoms with Gasteiger partial charge in [-0.25, -0.2) is 0 Å². The van der Waals surface area contributed by atoms with Crippen molar-refractivity contribution in [3.63, 3.8) is 0 Å². The molecule has 188 valence electrons. The molecule has 0 radical (unpaired) electrons. The SMILES string of the molecule is Cc1cc(OS(=O)(=O)C(F)(F)F)cc(C)c1Br.O=S(=O)(OS(=O)(=O)C(F)(F)F)C(F)(F)F. The molecule has 0 aliphatic heterocycles. The summed E-state index contributed by atoms with van der Waals surface area (Å²) in [7, 11) is -19.3. The summed E-state index contributed by atoms with van der Waals surface area (Å²) in [5.74, 6) is -0.361. The Morgan fingerprint density at radius 2 is 0.938 bits per heavy atom. The van der Waals surface area contributed by atoms with Crippen LogP contribution in [0.1, 0.15) is 11.1 Å². The van der Waals surface area contributed by atoms with Crippen molar-refractivity contribution in [2.45, 2.75) is 30.4 Å². The lowest BCUT2D eigenvalue weighted by Crippen LogP contribution is -2.34. The average molecular weight is 615 g/mol. The van der Waals surface area contributed by atoms with Crippen molar-refractivity contribution in [3.05, 3.63) is 27.7 Å². The largest absolute Gasteiger partial charge is 0.534 e. The lowest BCUT2D eigenvalue weighted by atomic mass is 10.1. The Labute approximate surface area is 182 Å². The zero-order valence-corrected chi connectivity index (χ0v) is 19.0. The molecule has 1 rings (SSSR count). The van der Waals surface area contributed by atoms with Crippen LogP contribution in [0.25, 0.3) is 0 Å². The molecule has 1 aromatic rings. The van der Waals surface area contributed by atoms with E-state index < -0.39 is 46.9 Å². The van der Waals surface area contributed by atoms with Crippen LogP contribution in [0.5, 0.6) is 5.75 Å². The van der Waals surface area contributed by atoms with Crippen molar-refractivity contribution >= 4 is 46.3 Å². The first-order valence-corrected chi connectivity index (χ1v) is 11.9. The minimum absolute atomic E-state index is 0.361. The second-order valence-electron chi connectivity index (χ2n) is 5.22. The number of aryl methyl sites for hydroxylation is 2. The number of halogens is 10. The fraction of sp³-hybridized carbons (Fsp3) is 0.455. The Balaban J connectivity index is 0.000000607. The van der Waals surface area contributed by atoms with Crippen LogP contribution in [0.3, 0.4) is 0 Å². The molecule has 0 aromatic heterocycles. The Morgan fingerprint density at radius 3 is 1.19 bits per heavy atom. The van der Waals surface area contributed by atoms with Gasteiger partial charge in [-0.15, -0.1) is 3.63 Å². The first-order valence-electron chi connectivity index (χ1n) is 6.86. The van der Waals surface area contributed by atoms with E-state index in [1.165, 1.54) is 12.1 Å². The van der Waals surface area contributed by atoms with Gasteiger partial charge < -0.3 is 4.18 Å². The first-order chi connectivity index (χ1) is 13.8. The van der Waals surface area contributed by atoms with Gasteiger partial charge in [-0.1, -0.05) is 15.9 Å². The highest BCUT2D eigenvalue weighted by Gasteiger charge is 2.57. The predicted octanol–water partition coefficient (Wildman–Crippen LogP) is 4.00. The zero-order valence-electron chi connectivity index (χ0n) is 14.9. The van der Waals surface area contributed by atoms with Crippen molar-refractivity contribution in [2.24, 2.45) is 0 Å². The lowest BCUT2D eigenvalue weighted by Gasteiger charge is -2.11. The van der Waals surface area contributed by atoms with E-state index in [1.54, 1.807) is 13.8 Å². The van der Waals surface area contributed by atoms with Crippen LogP contribution < -0.4 is 4.18 Å². The number of hydrogen-bond acceptors (Lipinski definition) is 8. The smallest absolute Gasteiger partial charge is 0.376 e. The Kier molecular flexibility index (Phi) is 9.11. The molecule has 21 heteroatoms. The molecule has 0 heterocycles. The maximum absolute atomic E-state index is 12.1. The Hall–Kier alpha value is -1.32. The van der Waals surface area contributed by atoms with E-state index in [0.29, 0.717) is 15.6 Å². The molecule has 0 fully saturated rings. The molecule has 1 aromatic carbocycles. The summed E-state index contributed by atoms with van der Waals surface area (Å²) in [6, 6.07) is 2.42. The van der Waals surface area contributed by atoms with E-state index in [4.69, 9.17) is 0 Å². The van der Waals surface area contributed by atoms with Crippen LogP contribution in [-0.2, 0) is 34.0 Å². The van der Waals surface area contributed by atoms with Gasteiger partial charge in [-0.3, -0.25) is 0 Å². The van der Waals surface area contributed by atoms with Gasteiger partial charge in [0.05, 0.1) is 0 Å². The molecular formula is C11H8BrF9O8S3. The number of hydrogen-bond donors (Lipinski definition) is 0. The van der Waals surface area contributed by atoms with E-state index in [2.05, 4.69) is 20.1 Å². The summed E-state index contributed by atoms with van der Waals surface area (Å²) < 4.78 is 173. The van der Waals surface area contributed by atoms with Gasteiger partial charge in [0.25, 0.3) is 0 Å². The topological polar surface area (TPSA) is 121 Å². The third-order valence-corrected chi connectivity index (χ3v) is 7.44. The molecular weight excluding hydrogens is 607 g/mol. The molecule has 0 saturated heterocycles. The minimum Gasteiger partial charge on any atom is -0.376 e. The molecule has 0 N–H and O–H groups in total. The summed E-state index contributed by atoms with van der Waals surface area (Å²) >= 11 is 3.21. The maximum Gasteiger partial charge on any atom is 0.534 e. The molecule has 0 aliphatic carbocycles. The molecule has 0 atom stereocenters. The molecule has 0 bridgehead atoms. The fourth-order valence-corrected chi connectivity index (χ4v) is 3.56.